The topological polar surface area (TPSA) is 64.4 Å². The Hall–Kier alpha value is -1.98. The van der Waals surface area contributed by atoms with Crippen LogP contribution in [0.1, 0.15) is 13.3 Å². The molecule has 2 aromatic carbocycles. The number of anilines is 1. The molecule has 22 heavy (non-hydrogen) atoms. The number of ether oxygens (including phenoxy) is 1. The summed E-state index contributed by atoms with van der Waals surface area (Å²) in [6.07, 6.45) is 0.617. The van der Waals surface area contributed by atoms with Crippen molar-refractivity contribution in [3.8, 4) is 5.75 Å². The molecular formula is C17H20N2O2S. The van der Waals surface area contributed by atoms with Gasteiger partial charge in [-0.25, -0.2) is 0 Å². The summed E-state index contributed by atoms with van der Waals surface area (Å²) in [6, 6.07) is 15.1. The van der Waals surface area contributed by atoms with E-state index in [9.17, 15) is 4.79 Å². The minimum Gasteiger partial charge on any atom is -0.497 e. The highest BCUT2D eigenvalue weighted by atomic mass is 32.2. The van der Waals surface area contributed by atoms with Gasteiger partial charge in [-0.05, 0) is 48.9 Å². The number of carbonyl (C=O) groups excluding carboxylic acids is 1. The minimum absolute atomic E-state index is 0.158. The van der Waals surface area contributed by atoms with Gasteiger partial charge in [0, 0.05) is 15.5 Å². The molecule has 0 saturated heterocycles. The molecule has 0 aliphatic rings. The third-order valence-electron chi connectivity index (χ3n) is 3.17. The zero-order valence-corrected chi connectivity index (χ0v) is 13.5. The lowest BCUT2D eigenvalue weighted by Gasteiger charge is -2.11. The normalized spacial score (nSPS) is 11.8. The molecule has 0 fully saturated rings. The van der Waals surface area contributed by atoms with E-state index in [0.717, 1.165) is 21.2 Å². The third-order valence-corrected chi connectivity index (χ3v) is 4.17. The second-order valence-electron chi connectivity index (χ2n) is 4.81. The highest BCUT2D eigenvalue weighted by Gasteiger charge is 2.11. The quantitative estimate of drug-likeness (QED) is 0.856. The zero-order valence-electron chi connectivity index (χ0n) is 12.7. The van der Waals surface area contributed by atoms with E-state index in [0.29, 0.717) is 6.42 Å². The predicted octanol–water partition coefficient (Wildman–Crippen LogP) is 3.52. The van der Waals surface area contributed by atoms with Crippen LogP contribution in [0.25, 0.3) is 0 Å². The Bertz CT molecular complexity index is 629. The number of hydrogen-bond donors (Lipinski definition) is 2. The Morgan fingerprint density at radius 2 is 1.95 bits per heavy atom. The van der Waals surface area contributed by atoms with Gasteiger partial charge in [0.05, 0.1) is 13.2 Å². The molecule has 0 saturated carbocycles. The maximum Gasteiger partial charge on any atom is 0.241 e. The van der Waals surface area contributed by atoms with E-state index < -0.39 is 6.04 Å². The van der Waals surface area contributed by atoms with E-state index in [1.807, 2.05) is 55.5 Å². The first-order valence-electron chi connectivity index (χ1n) is 7.10. The molecule has 116 valence electrons. The average Bonchev–Trinajstić information content (AvgIpc) is 2.55. The fourth-order valence-electron chi connectivity index (χ4n) is 1.84. The van der Waals surface area contributed by atoms with E-state index >= 15 is 0 Å². The Kier molecular flexibility index (Phi) is 5.86. The summed E-state index contributed by atoms with van der Waals surface area (Å²) in [4.78, 5) is 14.0. The maximum absolute atomic E-state index is 11.8. The molecule has 2 rings (SSSR count). The number of methoxy groups -OCH3 is 1. The van der Waals surface area contributed by atoms with Crippen LogP contribution in [0.3, 0.4) is 0 Å². The number of benzene rings is 2. The fraction of sp³-hybridized carbons (Fsp3) is 0.235. The van der Waals surface area contributed by atoms with Crippen LogP contribution in [-0.2, 0) is 4.79 Å². The molecule has 1 amide bonds. The second-order valence-corrected chi connectivity index (χ2v) is 5.96. The SMILES string of the molecule is CCC(N)C(=O)Nc1cccc(Sc2ccc(OC)cc2)c1. The molecule has 4 nitrogen and oxygen atoms in total. The number of nitrogens with two attached hydrogens (primary N) is 1. The third kappa shape index (κ3) is 4.51. The molecule has 0 bridgehead atoms. The van der Waals surface area contributed by atoms with Crippen molar-refractivity contribution in [1.82, 2.24) is 0 Å². The van der Waals surface area contributed by atoms with Crippen molar-refractivity contribution >= 4 is 23.4 Å². The standard InChI is InChI=1S/C17H20N2O2S/c1-3-16(18)17(20)19-12-5-4-6-15(11-12)22-14-9-7-13(21-2)8-10-14/h4-11,16H,3,18H2,1-2H3,(H,19,20). The Morgan fingerprint density at radius 1 is 1.23 bits per heavy atom. The molecule has 0 heterocycles. The number of rotatable bonds is 6. The molecule has 2 aromatic rings. The van der Waals surface area contributed by atoms with Gasteiger partial charge in [0.2, 0.25) is 5.91 Å². The summed E-state index contributed by atoms with van der Waals surface area (Å²) in [6.45, 7) is 1.89. The molecule has 0 aliphatic carbocycles. The number of carbonyl (C=O) groups is 1. The van der Waals surface area contributed by atoms with Gasteiger partial charge in [0.25, 0.3) is 0 Å². The maximum atomic E-state index is 11.8. The summed E-state index contributed by atoms with van der Waals surface area (Å²) in [7, 11) is 1.65. The first-order chi connectivity index (χ1) is 10.6. The molecule has 0 radical (unpaired) electrons. The van der Waals surface area contributed by atoms with Gasteiger partial charge in [0.1, 0.15) is 5.75 Å². The summed E-state index contributed by atoms with van der Waals surface area (Å²) >= 11 is 1.62. The van der Waals surface area contributed by atoms with Crippen molar-refractivity contribution in [3.63, 3.8) is 0 Å². The highest BCUT2D eigenvalue weighted by Crippen LogP contribution is 2.30. The molecule has 5 heteroatoms. The van der Waals surface area contributed by atoms with Gasteiger partial charge in [-0.15, -0.1) is 0 Å². The van der Waals surface area contributed by atoms with Crippen molar-refractivity contribution in [3.05, 3.63) is 48.5 Å². The van der Waals surface area contributed by atoms with Crippen molar-refractivity contribution in [2.75, 3.05) is 12.4 Å². The molecule has 0 aliphatic heterocycles. The van der Waals surface area contributed by atoms with Crippen LogP contribution in [0.2, 0.25) is 0 Å². The first-order valence-corrected chi connectivity index (χ1v) is 7.92. The van der Waals surface area contributed by atoms with Gasteiger partial charge < -0.3 is 15.8 Å². The Balaban J connectivity index is 2.05. The number of amides is 1. The molecule has 1 atom stereocenters. The number of nitrogens with one attached hydrogen (secondary N) is 1. The van der Waals surface area contributed by atoms with E-state index in [2.05, 4.69) is 5.32 Å². The summed E-state index contributed by atoms with van der Waals surface area (Å²) in [5.74, 6) is 0.674. The minimum atomic E-state index is -0.474. The summed E-state index contributed by atoms with van der Waals surface area (Å²) in [5.41, 5.74) is 6.48. The monoisotopic (exact) mass is 316 g/mol. The van der Waals surface area contributed by atoms with Crippen molar-refractivity contribution in [1.29, 1.82) is 0 Å². The highest BCUT2D eigenvalue weighted by molar-refractivity contribution is 7.99. The summed E-state index contributed by atoms with van der Waals surface area (Å²) < 4.78 is 5.15. The Labute approximate surface area is 135 Å². The van der Waals surface area contributed by atoms with Crippen molar-refractivity contribution in [2.45, 2.75) is 29.2 Å². The van der Waals surface area contributed by atoms with Crippen molar-refractivity contribution < 1.29 is 9.53 Å². The van der Waals surface area contributed by atoms with Gasteiger partial charge in [-0.2, -0.15) is 0 Å². The lowest BCUT2D eigenvalue weighted by Crippen LogP contribution is -2.34. The fourth-order valence-corrected chi connectivity index (χ4v) is 2.71. The van der Waals surface area contributed by atoms with E-state index in [4.69, 9.17) is 10.5 Å². The lowest BCUT2D eigenvalue weighted by atomic mass is 10.2. The van der Waals surface area contributed by atoms with Crippen LogP contribution >= 0.6 is 11.8 Å². The predicted molar refractivity (Wildman–Crippen MR) is 90.5 cm³/mol. The van der Waals surface area contributed by atoms with Crippen LogP contribution in [0.4, 0.5) is 5.69 Å². The smallest absolute Gasteiger partial charge is 0.241 e. The van der Waals surface area contributed by atoms with Gasteiger partial charge in [-0.3, -0.25) is 4.79 Å². The van der Waals surface area contributed by atoms with Crippen LogP contribution in [-0.4, -0.2) is 19.1 Å². The number of hydrogen-bond acceptors (Lipinski definition) is 4. The summed E-state index contributed by atoms with van der Waals surface area (Å²) in [5, 5.41) is 2.84. The lowest BCUT2D eigenvalue weighted by molar-refractivity contribution is -0.117. The first kappa shape index (κ1) is 16.4. The zero-order chi connectivity index (χ0) is 15.9. The van der Waals surface area contributed by atoms with Crippen LogP contribution in [0, 0.1) is 0 Å². The molecule has 0 spiro atoms. The average molecular weight is 316 g/mol. The van der Waals surface area contributed by atoms with E-state index in [1.165, 1.54) is 0 Å². The molecule has 3 N–H and O–H groups in total. The second kappa shape index (κ2) is 7.87. The van der Waals surface area contributed by atoms with Crippen LogP contribution < -0.4 is 15.8 Å². The van der Waals surface area contributed by atoms with Gasteiger partial charge in [-0.1, -0.05) is 24.8 Å². The van der Waals surface area contributed by atoms with Crippen LogP contribution in [0.15, 0.2) is 58.3 Å². The molecule has 1 unspecified atom stereocenters. The van der Waals surface area contributed by atoms with E-state index in [1.54, 1.807) is 18.9 Å². The van der Waals surface area contributed by atoms with Crippen LogP contribution in [0.5, 0.6) is 5.75 Å². The molecular weight excluding hydrogens is 296 g/mol. The largest absolute Gasteiger partial charge is 0.497 e. The Morgan fingerprint density at radius 3 is 2.59 bits per heavy atom. The van der Waals surface area contributed by atoms with Crippen molar-refractivity contribution in [2.24, 2.45) is 5.73 Å². The van der Waals surface area contributed by atoms with E-state index in [-0.39, 0.29) is 5.91 Å². The van der Waals surface area contributed by atoms with Gasteiger partial charge >= 0.3 is 0 Å². The van der Waals surface area contributed by atoms with Gasteiger partial charge in [0.15, 0.2) is 0 Å². The molecule has 0 aromatic heterocycles.